The van der Waals surface area contributed by atoms with Crippen molar-refractivity contribution in [3.05, 3.63) is 360 Å². The van der Waals surface area contributed by atoms with Crippen LogP contribution in [0, 0.1) is 83.1 Å². The van der Waals surface area contributed by atoms with Crippen LogP contribution in [-0.2, 0) is 66.4 Å². The standard InChI is InChI=1S/C27H22ClN7O2S.C27H25ClN6O2S.C27H22ClN5O3S.C27H24ClN5O3S/c1-13-14(2)38-27-22(13)23(16-8-10-17(28)11-9-16)29-20(25-33-31-15(3)35(25)27)12-21(36)30-24-18-6-4-5-7-19(18)26(37)34-32-24;1-13-14(2)37-27-24(13)25(16-4-6-17(28)7-5-16)31-22(26-33-32-15(3)34(26)27)10-23(35)30-21-9-8-20(29)18-11-36-12-19(18)21;1-13-14(2)37-26-23(13)24(16-4-6-18(28)7-5-16)30-21(25-32-31-15(3)33(25)26)11-22(34)29-19-8-9-20-17(10-19)12-36-27(20)35;1-13-14(2)37-27-24(13)25(16-4-6-17(28)7-5-16)30-21(26-32-31-15(3)33(26)27)10-23(35)29-20-8-9-22(34)19-12-36-11-18(19)20/h4-11,20H,12H2,1-3H3,(H,34,37)(H,30,32,36);4-9,22H,10-12,29H2,1-3H3,(H,30,35);4-10,21H,11-12H2,1-3H3,(H,29,34);4-9,21,34H,10-12H2,1-3H3,(H,29,35)/t20-;22-;2*21-/m0000/s1. The highest BCUT2D eigenvalue weighted by atomic mass is 35.5. The summed E-state index contributed by atoms with van der Waals surface area (Å²) < 4.78 is 24.2. The Morgan fingerprint density at radius 1 is 0.396 bits per heavy atom. The smallest absolute Gasteiger partial charge is 0.338 e. The lowest BCUT2D eigenvalue weighted by atomic mass is 9.99. The molecule has 0 aliphatic carbocycles. The lowest BCUT2D eigenvalue weighted by molar-refractivity contribution is -0.117. The molecule has 0 saturated heterocycles. The number of aromatic amines is 1. The van der Waals surface area contributed by atoms with Crippen LogP contribution in [0.1, 0.15) is 221 Å². The molecule has 24 rings (SSSR count). The number of aromatic nitrogens is 14. The first kappa shape index (κ1) is 99.9. The number of amides is 4. The van der Waals surface area contributed by atoms with Crippen molar-refractivity contribution in [2.24, 2.45) is 20.0 Å². The first-order valence-corrected chi connectivity index (χ1v) is 52.3. The molecule has 7 aliphatic rings. The maximum atomic E-state index is 13.4. The van der Waals surface area contributed by atoms with Crippen molar-refractivity contribution in [2.45, 2.75) is 166 Å². The number of aryl methyl sites for hydroxylation is 8. The van der Waals surface area contributed by atoms with Crippen molar-refractivity contribution >= 4 is 184 Å². The Labute approximate surface area is 888 Å². The number of cyclic esters (lactones) is 1. The molecule has 0 unspecified atom stereocenters. The first-order valence-electron chi connectivity index (χ1n) is 47.6. The van der Waals surface area contributed by atoms with Gasteiger partial charge in [-0.2, -0.15) is 5.10 Å². The number of phenols is 1. The van der Waals surface area contributed by atoms with Crippen molar-refractivity contribution in [1.82, 2.24) is 69.3 Å². The number of nitrogens with two attached hydrogens (primary N) is 1. The molecule has 8 N–H and O–H groups in total. The number of hydrogen-bond acceptors (Lipinski definition) is 28. The number of esters is 1. The fourth-order valence-electron chi connectivity index (χ4n) is 19.2. The third kappa shape index (κ3) is 19.2. The van der Waals surface area contributed by atoms with Gasteiger partial charge in [-0.1, -0.05) is 113 Å². The Kier molecular flexibility index (Phi) is 27.4. The van der Waals surface area contributed by atoms with Crippen molar-refractivity contribution < 1.29 is 43.3 Å². The van der Waals surface area contributed by atoms with Gasteiger partial charge in [-0.25, -0.2) is 9.89 Å². The van der Waals surface area contributed by atoms with Crippen LogP contribution < -0.4 is 32.6 Å². The summed E-state index contributed by atoms with van der Waals surface area (Å²) in [7, 11) is 0. The number of halogens is 4. The molecular weight excluding hydrogens is 2050 g/mol. The molecule has 17 aromatic rings. The van der Waals surface area contributed by atoms with Gasteiger partial charge in [0.05, 0.1) is 85.9 Å². The molecule has 41 heteroatoms. The molecule has 0 radical (unpaired) electrons. The van der Waals surface area contributed by atoms with Gasteiger partial charge in [0.2, 0.25) is 23.6 Å². The number of nitrogens with one attached hydrogen (secondary N) is 5. The number of thiophene rings is 4. The molecule has 0 fully saturated rings. The number of aliphatic imine (C=N–C) groups is 4. The normalized spacial score (nSPS) is 15.6. The third-order valence-electron chi connectivity index (χ3n) is 27.3. The fraction of sp³-hybridized carbons (Fsp3) is 0.231. The second-order valence-corrected chi connectivity index (χ2v) is 43.3. The lowest BCUT2D eigenvalue weighted by Gasteiger charge is -2.15. The molecular formula is C108H93Cl4N23O10S4. The predicted molar refractivity (Wildman–Crippen MR) is 580 cm³/mol. The molecule has 149 heavy (non-hydrogen) atoms. The van der Waals surface area contributed by atoms with Gasteiger partial charge < -0.3 is 46.3 Å². The molecule has 16 heterocycles. The molecule has 33 nitrogen and oxygen atoms in total. The number of carbonyl (C=O) groups is 5. The Balaban J connectivity index is 0.000000116. The molecule has 0 spiro atoms. The topological polar surface area (TPSA) is 425 Å². The lowest BCUT2D eigenvalue weighted by Crippen LogP contribution is -2.20. The van der Waals surface area contributed by atoms with Gasteiger partial charge >= 0.3 is 5.97 Å². The molecule has 7 aliphatic heterocycles. The second-order valence-electron chi connectivity index (χ2n) is 36.8. The van der Waals surface area contributed by atoms with Crippen LogP contribution >= 0.6 is 91.8 Å². The molecule has 4 amide bonds. The number of fused-ring (bicyclic) bond motifs is 16. The van der Waals surface area contributed by atoms with Crippen LogP contribution in [0.3, 0.4) is 0 Å². The number of phenolic OH excluding ortho intramolecular Hbond substituents is 1. The number of H-pyrrole nitrogens is 1. The summed E-state index contributed by atoms with van der Waals surface area (Å²) in [6.45, 7) is 26.1. The van der Waals surface area contributed by atoms with Crippen LogP contribution in [0.25, 0.3) is 30.8 Å². The van der Waals surface area contributed by atoms with Gasteiger partial charge in [0.15, 0.2) is 29.1 Å². The molecule has 9 aromatic heterocycles. The minimum absolute atomic E-state index is 0.00265. The average molecular weight is 2140 g/mol. The van der Waals surface area contributed by atoms with Gasteiger partial charge in [-0.05, 0) is 202 Å². The monoisotopic (exact) mass is 2140 g/mol. The minimum Gasteiger partial charge on any atom is -0.508 e. The molecule has 8 aromatic carbocycles. The van der Waals surface area contributed by atoms with Gasteiger partial charge in [0.25, 0.3) is 5.56 Å². The summed E-state index contributed by atoms with van der Waals surface area (Å²) in [5.41, 5.74) is 28.5. The fourth-order valence-corrected chi connectivity index (χ4v) is 24.6. The van der Waals surface area contributed by atoms with E-state index in [0.717, 1.165) is 149 Å². The summed E-state index contributed by atoms with van der Waals surface area (Å²) in [4.78, 5) is 103. The minimum atomic E-state index is -0.616. The molecule has 752 valence electrons. The van der Waals surface area contributed by atoms with Gasteiger partial charge in [0, 0.05) is 140 Å². The van der Waals surface area contributed by atoms with Gasteiger partial charge in [-0.3, -0.25) is 62.2 Å². The maximum absolute atomic E-state index is 13.4. The Morgan fingerprint density at radius 2 is 0.732 bits per heavy atom. The van der Waals surface area contributed by atoms with Crippen LogP contribution in [0.15, 0.2) is 189 Å². The van der Waals surface area contributed by atoms with E-state index in [-0.39, 0.29) is 79.0 Å². The number of ether oxygens (including phenoxy) is 3. The Morgan fingerprint density at radius 3 is 1.11 bits per heavy atom. The molecule has 0 saturated carbocycles. The first-order chi connectivity index (χ1) is 71.7. The number of benzene rings is 8. The summed E-state index contributed by atoms with van der Waals surface area (Å²) in [6, 6.07) is 47.1. The van der Waals surface area contributed by atoms with E-state index in [0.29, 0.717) is 120 Å². The summed E-state index contributed by atoms with van der Waals surface area (Å²) >= 11 is 31.4. The zero-order valence-electron chi connectivity index (χ0n) is 82.2. The van der Waals surface area contributed by atoms with Gasteiger partial charge in [-0.15, -0.1) is 86.1 Å². The highest BCUT2D eigenvalue weighted by Crippen LogP contribution is 2.48. The number of nitrogen functional groups attached to an aromatic ring is 1. The average Bonchev–Trinajstić information content (AvgIpc) is 1.60. The zero-order valence-corrected chi connectivity index (χ0v) is 88.5. The molecule has 0 bridgehead atoms. The second kappa shape index (κ2) is 40.9. The van der Waals surface area contributed by atoms with Crippen molar-refractivity contribution in [3.8, 4) is 25.8 Å². The highest BCUT2D eigenvalue weighted by Gasteiger charge is 2.40. The number of rotatable bonds is 16. The summed E-state index contributed by atoms with van der Waals surface area (Å²) in [5.74, 6) is 4.60. The van der Waals surface area contributed by atoms with Crippen molar-refractivity contribution in [3.63, 3.8) is 0 Å². The maximum Gasteiger partial charge on any atom is 0.338 e. The number of nitrogens with zero attached hydrogens (tertiary/aromatic N) is 17. The van der Waals surface area contributed by atoms with Crippen LogP contribution in [0.5, 0.6) is 5.75 Å². The van der Waals surface area contributed by atoms with E-state index in [2.05, 4.69) is 128 Å². The zero-order chi connectivity index (χ0) is 104. The Bertz CT molecular complexity index is 8340. The van der Waals surface area contributed by atoms with E-state index < -0.39 is 24.2 Å². The van der Waals surface area contributed by atoms with E-state index in [4.69, 9.17) is 86.3 Å². The van der Waals surface area contributed by atoms with Crippen LogP contribution in [0.2, 0.25) is 20.1 Å². The third-order valence-corrected chi connectivity index (χ3v) is 33.1. The Hall–Kier alpha value is -15.0. The van der Waals surface area contributed by atoms with Crippen LogP contribution in [0.4, 0.5) is 28.6 Å². The largest absolute Gasteiger partial charge is 0.508 e. The predicted octanol–water partition coefficient (Wildman–Crippen LogP) is 21.6. The quantitative estimate of drug-likeness (QED) is 0.0268. The van der Waals surface area contributed by atoms with E-state index in [1.165, 1.54) is 19.5 Å². The molecule has 4 atom stereocenters. The van der Waals surface area contributed by atoms with Crippen molar-refractivity contribution in [1.29, 1.82) is 0 Å². The number of carbonyl (C=O) groups excluding carboxylic acids is 5. The van der Waals surface area contributed by atoms with Gasteiger partial charge in [0.1, 0.15) is 79.8 Å². The van der Waals surface area contributed by atoms with E-state index in [1.54, 1.807) is 106 Å². The SMILES string of the molecule is Cc1sc2c(c1C)C(c1ccc(Cl)cc1)=N[C@@H](CC(=O)Nc1ccc(N)c3c1COC3)c1nnc(C)n1-2.Cc1sc2c(c1C)C(c1ccc(Cl)cc1)=N[C@@H](CC(=O)Nc1ccc(O)c3c1COC3)c1nnc(C)n1-2.Cc1sc2c(c1C)C(c1ccc(Cl)cc1)=N[C@@H](CC(=O)Nc1ccc3c(c1)COC3=O)c1nnc(C)n1-2.Cc1sc2c(c1C)C(c1ccc(Cl)cc1)=N[C@@H](CC(=O)Nc1n[nH]c(=O)c3ccccc13)c1nnc(C)n1-2. The van der Waals surface area contributed by atoms with Crippen LogP contribution in [-0.4, -0.2) is 127 Å². The number of anilines is 5. The highest BCUT2D eigenvalue weighted by molar-refractivity contribution is 7.16. The summed E-state index contributed by atoms with van der Waals surface area (Å²) in [5, 5.41) is 71.2. The van der Waals surface area contributed by atoms with Crippen molar-refractivity contribution in [2.75, 3.05) is 27.0 Å². The number of aromatic hydroxyl groups is 1. The van der Waals surface area contributed by atoms with E-state index >= 15 is 0 Å². The van der Waals surface area contributed by atoms with E-state index in [1.807, 2.05) is 149 Å². The summed E-state index contributed by atoms with van der Waals surface area (Å²) in [6.07, 6.45) is 0.229. The van der Waals surface area contributed by atoms with E-state index in [9.17, 15) is 33.9 Å². The number of hydrogen-bond donors (Lipinski definition) is 7.